The molecule has 1 fully saturated rings. The largest absolute Gasteiger partial charge is 0.384 e. The third-order valence-corrected chi connectivity index (χ3v) is 5.42. The summed E-state index contributed by atoms with van der Waals surface area (Å²) in [6.07, 6.45) is 1.73. The number of nitrogens with zero attached hydrogens (tertiary/aromatic N) is 1. The van der Waals surface area contributed by atoms with Crippen molar-refractivity contribution in [2.24, 2.45) is 5.41 Å². The minimum absolute atomic E-state index is 0.119. The number of rotatable bonds is 6. The van der Waals surface area contributed by atoms with E-state index in [0.29, 0.717) is 18.7 Å². The Hall–Kier alpha value is -1.46. The summed E-state index contributed by atoms with van der Waals surface area (Å²) < 4.78 is 32.8. The fourth-order valence-electron chi connectivity index (χ4n) is 2.70. The van der Waals surface area contributed by atoms with Gasteiger partial charge >= 0.3 is 0 Å². The average molecular weight is 323 g/mol. The Morgan fingerprint density at radius 1 is 1.41 bits per heavy atom. The van der Waals surface area contributed by atoms with E-state index in [1.807, 2.05) is 6.07 Å². The van der Waals surface area contributed by atoms with E-state index < -0.39 is 10.0 Å². The zero-order valence-electron chi connectivity index (χ0n) is 12.6. The third kappa shape index (κ3) is 4.05. The molecule has 1 saturated heterocycles. The van der Waals surface area contributed by atoms with E-state index in [0.717, 1.165) is 25.9 Å². The number of benzene rings is 1. The van der Waals surface area contributed by atoms with Crippen molar-refractivity contribution >= 4 is 10.0 Å². The molecule has 0 saturated carbocycles. The Morgan fingerprint density at radius 3 is 2.77 bits per heavy atom. The monoisotopic (exact) mass is 323 g/mol. The van der Waals surface area contributed by atoms with Crippen LogP contribution in [0.3, 0.4) is 0 Å². The second-order valence-electron chi connectivity index (χ2n) is 5.65. The molecule has 120 valence electrons. The van der Waals surface area contributed by atoms with Gasteiger partial charge in [0.05, 0.1) is 23.1 Å². The SMILES string of the molecule is COCC1(CNS(=O)(=O)c2cccc(C#N)c2)CCNCC1. The Balaban J connectivity index is 2.12. The maximum atomic E-state index is 12.4. The first-order valence-corrected chi connectivity index (χ1v) is 8.69. The molecule has 6 nitrogen and oxygen atoms in total. The minimum atomic E-state index is -3.63. The summed E-state index contributed by atoms with van der Waals surface area (Å²) in [7, 11) is -1.99. The number of hydrogen-bond acceptors (Lipinski definition) is 5. The molecule has 1 aromatic carbocycles. The van der Waals surface area contributed by atoms with Gasteiger partial charge in [0.15, 0.2) is 0 Å². The summed E-state index contributed by atoms with van der Waals surface area (Å²) in [5.41, 5.74) is 0.149. The molecule has 0 spiro atoms. The molecule has 1 aliphatic heterocycles. The summed E-state index contributed by atoms with van der Waals surface area (Å²) in [5.74, 6) is 0. The first kappa shape index (κ1) is 16.9. The molecule has 1 aliphatic rings. The topological polar surface area (TPSA) is 91.2 Å². The first-order chi connectivity index (χ1) is 10.5. The lowest BCUT2D eigenvalue weighted by atomic mass is 9.80. The minimum Gasteiger partial charge on any atom is -0.384 e. The highest BCUT2D eigenvalue weighted by molar-refractivity contribution is 7.89. The van der Waals surface area contributed by atoms with Crippen molar-refractivity contribution in [3.8, 4) is 6.07 Å². The quantitative estimate of drug-likeness (QED) is 0.810. The van der Waals surface area contributed by atoms with Gasteiger partial charge in [-0.25, -0.2) is 13.1 Å². The smallest absolute Gasteiger partial charge is 0.240 e. The van der Waals surface area contributed by atoms with Gasteiger partial charge in [-0.1, -0.05) is 6.07 Å². The van der Waals surface area contributed by atoms with Crippen molar-refractivity contribution in [3.63, 3.8) is 0 Å². The standard InChI is InChI=1S/C15H21N3O3S/c1-21-12-15(5-7-17-8-6-15)11-18-22(19,20)14-4-2-3-13(9-14)10-16/h2-4,9,17-18H,5-8,11-12H2,1H3. The van der Waals surface area contributed by atoms with E-state index in [4.69, 9.17) is 10.00 Å². The lowest BCUT2D eigenvalue weighted by molar-refractivity contribution is 0.0577. The molecule has 0 aromatic heterocycles. The maximum Gasteiger partial charge on any atom is 0.240 e. The number of sulfonamides is 1. The predicted octanol–water partition coefficient (Wildman–Crippen LogP) is 0.853. The molecule has 1 heterocycles. The maximum absolute atomic E-state index is 12.4. The summed E-state index contributed by atoms with van der Waals surface area (Å²) in [5, 5.41) is 12.2. The van der Waals surface area contributed by atoms with Crippen molar-refractivity contribution in [1.29, 1.82) is 5.26 Å². The number of nitrogens with one attached hydrogen (secondary N) is 2. The molecule has 2 N–H and O–H groups in total. The van der Waals surface area contributed by atoms with Gasteiger partial charge in [-0.3, -0.25) is 0 Å². The van der Waals surface area contributed by atoms with Gasteiger partial charge in [0.2, 0.25) is 10.0 Å². The number of nitriles is 1. The van der Waals surface area contributed by atoms with Crippen LogP contribution in [0.2, 0.25) is 0 Å². The van der Waals surface area contributed by atoms with Crippen LogP contribution in [0.15, 0.2) is 29.2 Å². The molecule has 0 atom stereocenters. The highest BCUT2D eigenvalue weighted by Crippen LogP contribution is 2.28. The van der Waals surface area contributed by atoms with Crippen LogP contribution in [0.5, 0.6) is 0 Å². The fourth-order valence-corrected chi connectivity index (χ4v) is 3.90. The fraction of sp³-hybridized carbons (Fsp3) is 0.533. The van der Waals surface area contributed by atoms with Crippen LogP contribution in [0, 0.1) is 16.7 Å². The first-order valence-electron chi connectivity index (χ1n) is 7.21. The number of methoxy groups -OCH3 is 1. The molecule has 22 heavy (non-hydrogen) atoms. The summed E-state index contributed by atoms with van der Waals surface area (Å²) in [6, 6.07) is 7.98. The Bertz CT molecular complexity index is 641. The summed E-state index contributed by atoms with van der Waals surface area (Å²) in [6.45, 7) is 2.57. The van der Waals surface area contributed by atoms with E-state index in [-0.39, 0.29) is 10.3 Å². The molecule has 0 aliphatic carbocycles. The molecule has 0 bridgehead atoms. The normalized spacial score (nSPS) is 17.8. The van der Waals surface area contributed by atoms with Gasteiger partial charge in [-0.2, -0.15) is 5.26 Å². The summed E-state index contributed by atoms with van der Waals surface area (Å²) in [4.78, 5) is 0.119. The number of hydrogen-bond donors (Lipinski definition) is 2. The Kier molecular flexibility index (Phi) is 5.53. The van der Waals surface area contributed by atoms with Gasteiger partial charge in [-0.15, -0.1) is 0 Å². The predicted molar refractivity (Wildman–Crippen MR) is 82.8 cm³/mol. The van der Waals surface area contributed by atoms with Crippen LogP contribution < -0.4 is 10.0 Å². The lowest BCUT2D eigenvalue weighted by Gasteiger charge is -2.37. The average Bonchev–Trinajstić information content (AvgIpc) is 2.54. The summed E-state index contributed by atoms with van der Waals surface area (Å²) >= 11 is 0. The van der Waals surface area contributed by atoms with E-state index in [9.17, 15) is 8.42 Å². The van der Waals surface area contributed by atoms with Gasteiger partial charge in [0.1, 0.15) is 0 Å². The Labute approximate surface area is 131 Å². The molecular formula is C15H21N3O3S. The lowest BCUT2D eigenvalue weighted by Crippen LogP contribution is -2.47. The number of piperidine rings is 1. The van der Waals surface area contributed by atoms with Crippen LogP contribution in [0.25, 0.3) is 0 Å². The molecule has 0 unspecified atom stereocenters. The van der Waals surface area contributed by atoms with Gasteiger partial charge < -0.3 is 10.1 Å². The highest BCUT2D eigenvalue weighted by Gasteiger charge is 2.33. The zero-order valence-corrected chi connectivity index (χ0v) is 13.4. The van der Waals surface area contributed by atoms with E-state index >= 15 is 0 Å². The van der Waals surface area contributed by atoms with Crippen LogP contribution in [0.4, 0.5) is 0 Å². The highest BCUT2D eigenvalue weighted by atomic mass is 32.2. The van der Waals surface area contributed by atoms with E-state index in [1.54, 1.807) is 19.2 Å². The zero-order chi connectivity index (χ0) is 16.1. The van der Waals surface area contributed by atoms with E-state index in [2.05, 4.69) is 10.0 Å². The van der Waals surface area contributed by atoms with Crippen molar-refractivity contribution in [3.05, 3.63) is 29.8 Å². The Morgan fingerprint density at radius 2 is 2.14 bits per heavy atom. The molecule has 2 rings (SSSR count). The van der Waals surface area contributed by atoms with Crippen molar-refractivity contribution in [2.75, 3.05) is 33.4 Å². The third-order valence-electron chi connectivity index (χ3n) is 4.03. The van der Waals surface area contributed by atoms with Crippen molar-refractivity contribution in [2.45, 2.75) is 17.7 Å². The van der Waals surface area contributed by atoms with Gasteiger partial charge in [-0.05, 0) is 44.1 Å². The van der Waals surface area contributed by atoms with Crippen LogP contribution in [-0.2, 0) is 14.8 Å². The van der Waals surface area contributed by atoms with Crippen LogP contribution >= 0.6 is 0 Å². The molecule has 0 radical (unpaired) electrons. The molecule has 0 amide bonds. The molecule has 7 heteroatoms. The second kappa shape index (κ2) is 7.20. The van der Waals surface area contributed by atoms with Crippen molar-refractivity contribution in [1.82, 2.24) is 10.0 Å². The van der Waals surface area contributed by atoms with Crippen LogP contribution in [-0.4, -0.2) is 41.8 Å². The molecular weight excluding hydrogens is 302 g/mol. The number of ether oxygens (including phenoxy) is 1. The van der Waals surface area contributed by atoms with Crippen LogP contribution in [0.1, 0.15) is 18.4 Å². The van der Waals surface area contributed by atoms with E-state index in [1.165, 1.54) is 12.1 Å². The van der Waals surface area contributed by atoms with Crippen molar-refractivity contribution < 1.29 is 13.2 Å². The molecule has 1 aromatic rings. The van der Waals surface area contributed by atoms with Gasteiger partial charge in [0, 0.05) is 19.1 Å². The second-order valence-corrected chi connectivity index (χ2v) is 7.41. The van der Waals surface area contributed by atoms with Gasteiger partial charge in [0.25, 0.3) is 0 Å².